The van der Waals surface area contributed by atoms with Crippen LogP contribution in [-0.2, 0) is 16.0 Å². The number of fused-ring (bicyclic) bond motifs is 1. The highest BCUT2D eigenvalue weighted by Crippen LogP contribution is 2.27. The van der Waals surface area contributed by atoms with Crippen molar-refractivity contribution in [2.75, 3.05) is 20.3 Å². The lowest BCUT2D eigenvalue weighted by atomic mass is 10.0. The second-order valence-corrected chi connectivity index (χ2v) is 5.44. The minimum Gasteiger partial charge on any atom is -0.378 e. The van der Waals surface area contributed by atoms with Gasteiger partial charge in [-0.2, -0.15) is 5.26 Å². The van der Waals surface area contributed by atoms with Crippen LogP contribution in [0.15, 0.2) is 18.2 Å². The Balaban J connectivity index is 2.09. The van der Waals surface area contributed by atoms with E-state index in [0.29, 0.717) is 30.1 Å². The Morgan fingerprint density at radius 2 is 2.45 bits per heavy atom. The SMILES string of the molecule is COC1(Cn2c(=S)[nH]c3ccc(C#N)cc32)CCOC1. The quantitative estimate of drug-likeness (QED) is 0.881. The van der Waals surface area contributed by atoms with E-state index in [-0.39, 0.29) is 5.60 Å². The first-order valence-electron chi connectivity index (χ1n) is 6.43. The van der Waals surface area contributed by atoms with Crippen molar-refractivity contribution >= 4 is 23.3 Å². The van der Waals surface area contributed by atoms with Gasteiger partial charge >= 0.3 is 0 Å². The van der Waals surface area contributed by atoms with Crippen LogP contribution >= 0.6 is 12.2 Å². The van der Waals surface area contributed by atoms with Gasteiger partial charge in [0, 0.05) is 20.1 Å². The molecule has 1 N–H and O–H groups in total. The molecule has 0 amide bonds. The topological polar surface area (TPSA) is 63.0 Å². The van der Waals surface area contributed by atoms with Crippen molar-refractivity contribution in [3.8, 4) is 6.07 Å². The fraction of sp³-hybridized carbons (Fsp3) is 0.429. The van der Waals surface area contributed by atoms with Crippen molar-refractivity contribution in [2.45, 2.75) is 18.6 Å². The molecule has 1 aromatic heterocycles. The zero-order chi connectivity index (χ0) is 14.2. The molecule has 0 bridgehead atoms. The number of hydrogen-bond donors (Lipinski definition) is 1. The van der Waals surface area contributed by atoms with Gasteiger partial charge in [0.1, 0.15) is 5.60 Å². The Kier molecular flexibility index (Phi) is 3.34. The molecule has 0 radical (unpaired) electrons. The van der Waals surface area contributed by atoms with E-state index in [1.54, 1.807) is 13.2 Å². The molecule has 1 saturated heterocycles. The van der Waals surface area contributed by atoms with Crippen LogP contribution in [0, 0.1) is 16.1 Å². The summed E-state index contributed by atoms with van der Waals surface area (Å²) in [6, 6.07) is 7.66. The molecule has 0 aliphatic carbocycles. The van der Waals surface area contributed by atoms with Crippen LogP contribution in [0.25, 0.3) is 11.0 Å². The van der Waals surface area contributed by atoms with E-state index in [9.17, 15) is 0 Å². The molecule has 1 atom stereocenters. The number of rotatable bonds is 3. The Morgan fingerprint density at radius 3 is 3.10 bits per heavy atom. The molecule has 1 aromatic carbocycles. The van der Waals surface area contributed by atoms with Gasteiger partial charge < -0.3 is 19.0 Å². The van der Waals surface area contributed by atoms with Crippen LogP contribution in [-0.4, -0.2) is 35.5 Å². The highest BCUT2D eigenvalue weighted by Gasteiger charge is 2.36. The number of H-pyrrole nitrogens is 1. The zero-order valence-corrected chi connectivity index (χ0v) is 12.0. The number of imidazole rings is 1. The van der Waals surface area contributed by atoms with Gasteiger partial charge in [-0.05, 0) is 30.4 Å². The maximum absolute atomic E-state index is 9.04. The Bertz CT molecular complexity index is 735. The van der Waals surface area contributed by atoms with Crippen LogP contribution in [0.5, 0.6) is 0 Å². The smallest absolute Gasteiger partial charge is 0.178 e. The number of nitrogens with one attached hydrogen (secondary N) is 1. The van der Waals surface area contributed by atoms with Crippen molar-refractivity contribution in [1.82, 2.24) is 9.55 Å². The van der Waals surface area contributed by atoms with E-state index >= 15 is 0 Å². The number of ether oxygens (including phenoxy) is 2. The third kappa shape index (κ3) is 2.14. The third-order valence-corrected chi connectivity index (χ3v) is 4.17. The molecular formula is C14H15N3O2S. The summed E-state index contributed by atoms with van der Waals surface area (Å²) >= 11 is 5.39. The molecule has 2 heterocycles. The summed E-state index contributed by atoms with van der Waals surface area (Å²) in [6.45, 7) is 1.89. The first-order valence-corrected chi connectivity index (χ1v) is 6.84. The third-order valence-electron chi connectivity index (χ3n) is 3.85. The summed E-state index contributed by atoms with van der Waals surface area (Å²) in [5.41, 5.74) is 2.14. The van der Waals surface area contributed by atoms with Crippen LogP contribution in [0.3, 0.4) is 0 Å². The van der Waals surface area contributed by atoms with Crippen molar-refractivity contribution in [1.29, 1.82) is 5.26 Å². The first-order chi connectivity index (χ1) is 9.67. The zero-order valence-electron chi connectivity index (χ0n) is 11.2. The molecule has 3 rings (SSSR count). The molecule has 104 valence electrons. The standard InChI is InChI=1S/C14H15N3O2S/c1-18-14(4-5-19-9-14)8-17-12-6-10(7-15)2-3-11(12)16-13(17)20/h2-3,6H,4-5,8-9H2,1H3,(H,16,20). The van der Waals surface area contributed by atoms with E-state index < -0.39 is 0 Å². The molecule has 2 aromatic rings. The van der Waals surface area contributed by atoms with Gasteiger partial charge in [-0.15, -0.1) is 0 Å². The maximum Gasteiger partial charge on any atom is 0.178 e. The van der Waals surface area contributed by atoms with E-state index in [0.717, 1.165) is 17.5 Å². The predicted octanol–water partition coefficient (Wildman–Crippen LogP) is 2.38. The van der Waals surface area contributed by atoms with E-state index in [4.69, 9.17) is 27.0 Å². The van der Waals surface area contributed by atoms with Gasteiger partial charge in [-0.1, -0.05) is 0 Å². The number of aromatic nitrogens is 2. The largest absolute Gasteiger partial charge is 0.378 e. The summed E-state index contributed by atoms with van der Waals surface area (Å²) < 4.78 is 13.8. The van der Waals surface area contributed by atoms with Crippen LogP contribution in [0.1, 0.15) is 12.0 Å². The van der Waals surface area contributed by atoms with E-state index in [1.165, 1.54) is 0 Å². The number of nitrogens with zero attached hydrogens (tertiary/aromatic N) is 2. The van der Waals surface area contributed by atoms with Gasteiger partial charge in [0.15, 0.2) is 4.77 Å². The molecule has 20 heavy (non-hydrogen) atoms. The Labute approximate surface area is 121 Å². The molecular weight excluding hydrogens is 274 g/mol. The van der Waals surface area contributed by atoms with Crippen molar-refractivity contribution in [3.63, 3.8) is 0 Å². The number of nitriles is 1. The van der Waals surface area contributed by atoms with E-state index in [2.05, 4.69) is 11.1 Å². The lowest BCUT2D eigenvalue weighted by molar-refractivity contribution is -0.0290. The average molecular weight is 289 g/mol. The van der Waals surface area contributed by atoms with Crippen LogP contribution < -0.4 is 0 Å². The maximum atomic E-state index is 9.04. The van der Waals surface area contributed by atoms with Crippen LogP contribution in [0.4, 0.5) is 0 Å². The minimum absolute atomic E-state index is 0.337. The average Bonchev–Trinajstić information content (AvgIpc) is 3.05. The number of methoxy groups -OCH3 is 1. The molecule has 1 aliphatic heterocycles. The summed E-state index contributed by atoms with van der Waals surface area (Å²) in [6.07, 6.45) is 0.843. The molecule has 5 nitrogen and oxygen atoms in total. The summed E-state index contributed by atoms with van der Waals surface area (Å²) in [4.78, 5) is 3.17. The van der Waals surface area contributed by atoms with E-state index in [1.807, 2.05) is 16.7 Å². The molecule has 1 unspecified atom stereocenters. The van der Waals surface area contributed by atoms with Crippen molar-refractivity contribution < 1.29 is 9.47 Å². The second-order valence-electron chi connectivity index (χ2n) is 5.05. The Hall–Kier alpha value is -1.68. The van der Waals surface area contributed by atoms with Gasteiger partial charge in [0.25, 0.3) is 0 Å². The predicted molar refractivity (Wildman–Crippen MR) is 77.0 cm³/mol. The lowest BCUT2D eigenvalue weighted by Gasteiger charge is -2.26. The molecule has 6 heteroatoms. The fourth-order valence-corrected chi connectivity index (χ4v) is 2.88. The van der Waals surface area contributed by atoms with Gasteiger partial charge in [0.2, 0.25) is 0 Å². The minimum atomic E-state index is -0.337. The van der Waals surface area contributed by atoms with Gasteiger partial charge in [0.05, 0.1) is 35.8 Å². The Morgan fingerprint density at radius 1 is 1.60 bits per heavy atom. The highest BCUT2D eigenvalue weighted by molar-refractivity contribution is 7.71. The van der Waals surface area contributed by atoms with Gasteiger partial charge in [-0.25, -0.2) is 0 Å². The number of hydrogen-bond acceptors (Lipinski definition) is 4. The monoisotopic (exact) mass is 289 g/mol. The molecule has 1 fully saturated rings. The van der Waals surface area contributed by atoms with Gasteiger partial charge in [-0.3, -0.25) is 0 Å². The first kappa shape index (κ1) is 13.3. The lowest BCUT2D eigenvalue weighted by Crippen LogP contribution is -2.37. The van der Waals surface area contributed by atoms with Crippen LogP contribution in [0.2, 0.25) is 0 Å². The van der Waals surface area contributed by atoms with Crippen molar-refractivity contribution in [3.05, 3.63) is 28.5 Å². The summed E-state index contributed by atoms with van der Waals surface area (Å²) in [5.74, 6) is 0. The number of aromatic amines is 1. The molecule has 0 saturated carbocycles. The second kappa shape index (κ2) is 5.02. The summed E-state index contributed by atoms with van der Waals surface area (Å²) in [5, 5.41) is 9.04. The normalized spacial score (nSPS) is 22.2. The molecule has 1 aliphatic rings. The summed E-state index contributed by atoms with van der Waals surface area (Å²) in [7, 11) is 1.70. The van der Waals surface area contributed by atoms with Crippen molar-refractivity contribution in [2.24, 2.45) is 0 Å². The molecule has 0 spiro atoms. The highest BCUT2D eigenvalue weighted by atomic mass is 32.1. The fourth-order valence-electron chi connectivity index (χ4n) is 2.61. The number of benzene rings is 1.